The summed E-state index contributed by atoms with van der Waals surface area (Å²) in [7, 11) is 1.56. The van der Waals surface area contributed by atoms with Gasteiger partial charge in [-0.25, -0.2) is 0 Å². The number of methoxy groups -OCH3 is 1. The fourth-order valence-corrected chi connectivity index (χ4v) is 2.41. The minimum absolute atomic E-state index is 0.218. The fraction of sp³-hybridized carbons (Fsp3) is 0.286. The van der Waals surface area contributed by atoms with Crippen LogP contribution in [0.1, 0.15) is 17.0 Å². The number of rotatable bonds is 4. The van der Waals surface area contributed by atoms with Gasteiger partial charge in [-0.15, -0.1) is 0 Å². The van der Waals surface area contributed by atoms with Crippen LogP contribution in [0.5, 0.6) is 5.88 Å². The van der Waals surface area contributed by atoms with Crippen molar-refractivity contribution in [3.63, 3.8) is 0 Å². The third kappa shape index (κ3) is 2.31. The van der Waals surface area contributed by atoms with E-state index in [2.05, 4.69) is 39.6 Å². The summed E-state index contributed by atoms with van der Waals surface area (Å²) in [4.78, 5) is 8.10. The molecule has 1 atom stereocenters. The maximum Gasteiger partial charge on any atom is 0.225 e. The molecule has 1 aliphatic rings. The van der Waals surface area contributed by atoms with Gasteiger partial charge in [-0.1, -0.05) is 24.3 Å². The van der Waals surface area contributed by atoms with Crippen LogP contribution >= 0.6 is 0 Å². The lowest BCUT2D eigenvalue weighted by Crippen LogP contribution is -2.24. The number of benzene rings is 1. The van der Waals surface area contributed by atoms with Crippen LogP contribution in [0, 0.1) is 0 Å². The smallest absolute Gasteiger partial charge is 0.225 e. The van der Waals surface area contributed by atoms with E-state index in [0.29, 0.717) is 17.6 Å². The van der Waals surface area contributed by atoms with Crippen molar-refractivity contribution in [2.45, 2.75) is 12.3 Å². The van der Waals surface area contributed by atoms with Crippen LogP contribution in [-0.4, -0.2) is 23.6 Å². The lowest BCUT2D eigenvalue weighted by molar-refractivity contribution is 0.398. The van der Waals surface area contributed by atoms with Crippen molar-refractivity contribution >= 4 is 11.8 Å². The zero-order valence-electron chi connectivity index (χ0n) is 10.8. The Bertz CT molecular complexity index is 600. The molecule has 1 aliphatic carbocycles. The van der Waals surface area contributed by atoms with Crippen LogP contribution in [0.25, 0.3) is 0 Å². The Hall–Kier alpha value is -2.30. The summed E-state index contributed by atoms with van der Waals surface area (Å²) in [5.41, 5.74) is 8.48. The monoisotopic (exact) mass is 256 g/mol. The second kappa shape index (κ2) is 4.76. The molecule has 1 aromatic carbocycles. The maximum atomic E-state index is 5.62. The molecule has 0 radical (unpaired) electrons. The summed E-state index contributed by atoms with van der Waals surface area (Å²) in [6.07, 6.45) is 1.11. The first-order valence-electron chi connectivity index (χ1n) is 6.26. The van der Waals surface area contributed by atoms with Gasteiger partial charge in [0.15, 0.2) is 0 Å². The van der Waals surface area contributed by atoms with Gasteiger partial charge in [-0.05, 0) is 17.5 Å². The van der Waals surface area contributed by atoms with Gasteiger partial charge >= 0.3 is 0 Å². The molecule has 5 heteroatoms. The number of hydrogen-bond acceptors (Lipinski definition) is 5. The Morgan fingerprint density at radius 3 is 3.00 bits per heavy atom. The predicted octanol–water partition coefficient (Wildman–Crippen LogP) is 1.82. The van der Waals surface area contributed by atoms with Gasteiger partial charge in [0.25, 0.3) is 0 Å². The van der Waals surface area contributed by atoms with E-state index in [1.54, 1.807) is 13.2 Å². The minimum Gasteiger partial charge on any atom is -0.481 e. The van der Waals surface area contributed by atoms with E-state index in [9.17, 15) is 0 Å². The Balaban J connectivity index is 1.66. The van der Waals surface area contributed by atoms with Gasteiger partial charge in [0, 0.05) is 18.5 Å². The lowest BCUT2D eigenvalue weighted by atomic mass is 9.78. The van der Waals surface area contributed by atoms with E-state index in [1.807, 2.05) is 0 Å². The molecule has 19 heavy (non-hydrogen) atoms. The zero-order chi connectivity index (χ0) is 13.2. The molecule has 0 spiro atoms. The molecule has 0 saturated heterocycles. The highest BCUT2D eigenvalue weighted by atomic mass is 16.5. The third-order valence-electron chi connectivity index (χ3n) is 3.42. The number of aromatic nitrogens is 2. The Morgan fingerprint density at radius 1 is 1.37 bits per heavy atom. The maximum absolute atomic E-state index is 5.62. The molecule has 5 nitrogen and oxygen atoms in total. The molecule has 1 aromatic heterocycles. The molecule has 1 unspecified atom stereocenters. The van der Waals surface area contributed by atoms with Crippen LogP contribution in [0.2, 0.25) is 0 Å². The summed E-state index contributed by atoms with van der Waals surface area (Å²) in [6.45, 7) is 0.844. The number of nitrogens with zero attached hydrogens (tertiary/aromatic N) is 2. The summed E-state index contributed by atoms with van der Waals surface area (Å²) >= 11 is 0. The van der Waals surface area contributed by atoms with Crippen LogP contribution < -0.4 is 15.8 Å². The van der Waals surface area contributed by atoms with Crippen molar-refractivity contribution in [1.29, 1.82) is 0 Å². The molecule has 98 valence electrons. The van der Waals surface area contributed by atoms with Crippen LogP contribution in [-0.2, 0) is 6.42 Å². The highest BCUT2D eigenvalue weighted by Gasteiger charge is 2.24. The molecular formula is C14H16N4O. The normalized spacial score (nSPS) is 16.4. The largest absolute Gasteiger partial charge is 0.481 e. The second-order valence-electron chi connectivity index (χ2n) is 4.63. The van der Waals surface area contributed by atoms with Crippen molar-refractivity contribution in [3.05, 3.63) is 41.5 Å². The Labute approximate surface area is 111 Å². The van der Waals surface area contributed by atoms with Crippen molar-refractivity contribution in [2.75, 3.05) is 24.7 Å². The Morgan fingerprint density at radius 2 is 2.21 bits per heavy atom. The SMILES string of the molecule is COc1cc(NCC2Cc3ccccc32)nc(N)n1. The number of hydrogen-bond donors (Lipinski definition) is 2. The van der Waals surface area contributed by atoms with E-state index in [0.717, 1.165) is 13.0 Å². The quantitative estimate of drug-likeness (QED) is 0.873. The van der Waals surface area contributed by atoms with Crippen LogP contribution in [0.4, 0.5) is 11.8 Å². The average Bonchev–Trinajstić information content (AvgIpc) is 2.39. The number of anilines is 2. The first kappa shape index (κ1) is 11.8. The zero-order valence-corrected chi connectivity index (χ0v) is 10.8. The highest BCUT2D eigenvalue weighted by Crippen LogP contribution is 2.34. The van der Waals surface area contributed by atoms with Gasteiger partial charge in [0.05, 0.1) is 7.11 Å². The molecule has 0 amide bonds. The molecule has 3 N–H and O–H groups in total. The summed E-state index contributed by atoms with van der Waals surface area (Å²) < 4.78 is 5.07. The van der Waals surface area contributed by atoms with Crippen molar-refractivity contribution in [1.82, 2.24) is 9.97 Å². The van der Waals surface area contributed by atoms with E-state index in [1.165, 1.54) is 11.1 Å². The molecule has 0 aliphatic heterocycles. The van der Waals surface area contributed by atoms with Gasteiger partial charge in [0.1, 0.15) is 5.82 Å². The Kier molecular flexibility index (Phi) is 2.95. The first-order valence-corrected chi connectivity index (χ1v) is 6.26. The molecule has 0 saturated carbocycles. The second-order valence-corrected chi connectivity index (χ2v) is 4.63. The number of nitrogens with two attached hydrogens (primary N) is 1. The first-order chi connectivity index (χ1) is 9.26. The predicted molar refractivity (Wildman–Crippen MR) is 74.4 cm³/mol. The molecule has 2 aromatic rings. The van der Waals surface area contributed by atoms with Crippen molar-refractivity contribution in [2.24, 2.45) is 0 Å². The summed E-state index contributed by atoms with van der Waals surface area (Å²) in [6, 6.07) is 10.3. The third-order valence-corrected chi connectivity index (χ3v) is 3.42. The topological polar surface area (TPSA) is 73.1 Å². The molecule has 0 bridgehead atoms. The molecule has 1 heterocycles. The van der Waals surface area contributed by atoms with E-state index in [-0.39, 0.29) is 5.95 Å². The summed E-state index contributed by atoms with van der Waals surface area (Å²) in [5.74, 6) is 1.94. The number of ether oxygens (including phenoxy) is 1. The van der Waals surface area contributed by atoms with Gasteiger partial charge in [0.2, 0.25) is 11.8 Å². The fourth-order valence-electron chi connectivity index (χ4n) is 2.41. The van der Waals surface area contributed by atoms with Crippen molar-refractivity contribution < 1.29 is 4.74 Å². The van der Waals surface area contributed by atoms with Crippen LogP contribution in [0.15, 0.2) is 30.3 Å². The molecule has 0 fully saturated rings. The van der Waals surface area contributed by atoms with Gasteiger partial charge < -0.3 is 15.8 Å². The highest BCUT2D eigenvalue weighted by molar-refractivity contribution is 5.45. The molecular weight excluding hydrogens is 240 g/mol. The number of nitrogen functional groups attached to an aromatic ring is 1. The van der Waals surface area contributed by atoms with Gasteiger partial charge in [-0.3, -0.25) is 0 Å². The molecule has 3 rings (SSSR count). The van der Waals surface area contributed by atoms with E-state index < -0.39 is 0 Å². The minimum atomic E-state index is 0.218. The van der Waals surface area contributed by atoms with E-state index in [4.69, 9.17) is 10.5 Å². The number of fused-ring (bicyclic) bond motifs is 1. The standard InChI is InChI=1S/C14H16N4O/c1-19-13-7-12(17-14(15)18-13)16-8-10-6-9-4-2-3-5-11(9)10/h2-5,7,10H,6,8H2,1H3,(H3,15,16,17,18). The average molecular weight is 256 g/mol. The number of nitrogens with one attached hydrogen (secondary N) is 1. The summed E-state index contributed by atoms with van der Waals surface area (Å²) in [5, 5.41) is 3.29. The van der Waals surface area contributed by atoms with E-state index >= 15 is 0 Å². The van der Waals surface area contributed by atoms with Crippen molar-refractivity contribution in [3.8, 4) is 5.88 Å². The van der Waals surface area contributed by atoms with Gasteiger partial charge in [-0.2, -0.15) is 9.97 Å². The lowest BCUT2D eigenvalue weighted by Gasteiger charge is -2.30. The van der Waals surface area contributed by atoms with Crippen LogP contribution in [0.3, 0.4) is 0 Å².